The highest BCUT2D eigenvalue weighted by Gasteiger charge is 2.08. The summed E-state index contributed by atoms with van der Waals surface area (Å²) in [6.45, 7) is 3.43. The molecule has 6 heteroatoms. The van der Waals surface area contributed by atoms with E-state index >= 15 is 0 Å². The normalized spacial score (nSPS) is 11.0. The molecule has 0 radical (unpaired) electrons. The Kier molecular flexibility index (Phi) is 4.08. The Morgan fingerprint density at radius 1 is 1.29 bits per heavy atom. The minimum atomic E-state index is 0.413. The Hall–Kier alpha value is -2.05. The lowest BCUT2D eigenvalue weighted by molar-refractivity contribution is 0.266. The molecule has 0 fully saturated rings. The van der Waals surface area contributed by atoms with Gasteiger partial charge in [-0.25, -0.2) is 4.98 Å². The van der Waals surface area contributed by atoms with Crippen molar-refractivity contribution in [2.75, 3.05) is 6.61 Å². The van der Waals surface area contributed by atoms with Crippen molar-refractivity contribution in [1.29, 1.82) is 0 Å². The number of benzene rings is 1. The molecule has 2 heterocycles. The number of fused-ring (bicyclic) bond motifs is 1. The van der Waals surface area contributed by atoms with Gasteiger partial charge in [0.1, 0.15) is 6.61 Å². The van der Waals surface area contributed by atoms with Gasteiger partial charge in [-0.2, -0.15) is 0 Å². The molecule has 5 nitrogen and oxygen atoms in total. The Bertz CT molecular complexity index is 707. The summed E-state index contributed by atoms with van der Waals surface area (Å²) in [5, 5.41) is 2.01. The first kappa shape index (κ1) is 13.9. The van der Waals surface area contributed by atoms with Crippen LogP contribution in [0.5, 0.6) is 11.5 Å². The van der Waals surface area contributed by atoms with Crippen LogP contribution in [0.4, 0.5) is 0 Å². The zero-order valence-corrected chi connectivity index (χ0v) is 12.6. The van der Waals surface area contributed by atoms with E-state index in [4.69, 9.17) is 15.2 Å². The second kappa shape index (κ2) is 6.15. The highest BCUT2D eigenvalue weighted by molar-refractivity contribution is 7.15. The molecule has 0 aliphatic heterocycles. The van der Waals surface area contributed by atoms with Crippen molar-refractivity contribution in [3.63, 3.8) is 0 Å². The summed E-state index contributed by atoms with van der Waals surface area (Å²) in [6, 6.07) is 5.76. The van der Waals surface area contributed by atoms with Crippen molar-refractivity contribution in [2.45, 2.75) is 20.1 Å². The first-order chi connectivity index (χ1) is 10.3. The van der Waals surface area contributed by atoms with Crippen LogP contribution in [-0.4, -0.2) is 16.0 Å². The van der Waals surface area contributed by atoms with E-state index < -0.39 is 0 Å². The highest BCUT2D eigenvalue weighted by Crippen LogP contribution is 2.29. The van der Waals surface area contributed by atoms with Gasteiger partial charge in [-0.1, -0.05) is 6.07 Å². The van der Waals surface area contributed by atoms with Crippen molar-refractivity contribution >= 4 is 16.3 Å². The van der Waals surface area contributed by atoms with E-state index in [2.05, 4.69) is 4.98 Å². The Morgan fingerprint density at radius 3 is 2.95 bits per heavy atom. The lowest BCUT2D eigenvalue weighted by Gasteiger charge is -2.12. The molecular weight excluding hydrogens is 286 g/mol. The molecule has 3 aromatic rings. The van der Waals surface area contributed by atoms with Gasteiger partial charge < -0.3 is 15.2 Å². The van der Waals surface area contributed by atoms with E-state index in [1.54, 1.807) is 11.3 Å². The van der Waals surface area contributed by atoms with E-state index in [9.17, 15) is 0 Å². The van der Waals surface area contributed by atoms with E-state index in [0.29, 0.717) is 25.5 Å². The maximum absolute atomic E-state index is 5.84. The molecule has 0 spiro atoms. The van der Waals surface area contributed by atoms with Gasteiger partial charge in [0.25, 0.3) is 0 Å². The molecule has 0 saturated carbocycles. The van der Waals surface area contributed by atoms with E-state index in [0.717, 1.165) is 22.0 Å². The smallest absolute Gasteiger partial charge is 0.193 e. The zero-order valence-electron chi connectivity index (χ0n) is 11.8. The first-order valence-corrected chi connectivity index (χ1v) is 7.67. The molecule has 110 valence electrons. The minimum absolute atomic E-state index is 0.413. The SMILES string of the molecule is CCOc1cc(CN)ccc1OCc1cn2ccsc2n1. The second-order valence-corrected chi connectivity index (χ2v) is 5.41. The van der Waals surface area contributed by atoms with E-state index in [1.165, 1.54) is 0 Å². The van der Waals surface area contributed by atoms with Crippen molar-refractivity contribution in [2.24, 2.45) is 5.73 Å². The van der Waals surface area contributed by atoms with E-state index in [1.807, 2.05) is 47.3 Å². The van der Waals surface area contributed by atoms with Crippen molar-refractivity contribution in [3.8, 4) is 11.5 Å². The van der Waals surface area contributed by atoms with Crippen LogP contribution in [0.15, 0.2) is 36.0 Å². The maximum atomic E-state index is 5.84. The molecule has 0 aliphatic carbocycles. The number of nitrogens with two attached hydrogens (primary N) is 1. The predicted octanol–water partition coefficient (Wildman–Crippen LogP) is 2.83. The monoisotopic (exact) mass is 303 g/mol. The number of aromatic nitrogens is 2. The molecule has 21 heavy (non-hydrogen) atoms. The van der Waals surface area contributed by atoms with Crippen LogP contribution >= 0.6 is 11.3 Å². The third-order valence-electron chi connectivity index (χ3n) is 3.06. The van der Waals surface area contributed by atoms with Gasteiger partial charge in [0.05, 0.1) is 12.3 Å². The molecule has 0 unspecified atom stereocenters. The first-order valence-electron chi connectivity index (χ1n) is 6.80. The zero-order chi connectivity index (χ0) is 14.7. The highest BCUT2D eigenvalue weighted by atomic mass is 32.1. The van der Waals surface area contributed by atoms with Crippen molar-refractivity contribution in [3.05, 3.63) is 47.2 Å². The Labute approximate surface area is 126 Å². The Morgan fingerprint density at radius 2 is 2.19 bits per heavy atom. The average Bonchev–Trinajstić information content (AvgIpc) is 3.07. The van der Waals surface area contributed by atoms with Crippen LogP contribution < -0.4 is 15.2 Å². The average molecular weight is 303 g/mol. The van der Waals surface area contributed by atoms with Crippen LogP contribution in [0.2, 0.25) is 0 Å². The fourth-order valence-electron chi connectivity index (χ4n) is 2.06. The molecular formula is C15H17N3O2S. The molecule has 1 aromatic carbocycles. The third kappa shape index (κ3) is 3.01. The molecule has 0 atom stereocenters. The number of imidazole rings is 1. The van der Waals surface area contributed by atoms with Crippen LogP contribution in [0.1, 0.15) is 18.2 Å². The fourth-order valence-corrected chi connectivity index (χ4v) is 2.78. The summed E-state index contributed by atoms with van der Waals surface area (Å²) in [5.74, 6) is 1.44. The third-order valence-corrected chi connectivity index (χ3v) is 3.83. The van der Waals surface area contributed by atoms with Crippen molar-refractivity contribution in [1.82, 2.24) is 9.38 Å². The molecule has 0 aliphatic rings. The Balaban J connectivity index is 1.75. The fraction of sp³-hybridized carbons (Fsp3) is 0.267. The largest absolute Gasteiger partial charge is 0.490 e. The van der Waals surface area contributed by atoms with E-state index in [-0.39, 0.29) is 0 Å². The predicted molar refractivity (Wildman–Crippen MR) is 82.9 cm³/mol. The van der Waals surface area contributed by atoms with Gasteiger partial charge in [0.15, 0.2) is 16.5 Å². The molecule has 0 bridgehead atoms. The maximum Gasteiger partial charge on any atom is 0.193 e. The van der Waals surface area contributed by atoms with Gasteiger partial charge in [0, 0.05) is 24.3 Å². The second-order valence-electron chi connectivity index (χ2n) is 4.53. The number of ether oxygens (including phenoxy) is 2. The molecule has 0 amide bonds. The van der Waals surface area contributed by atoms with Gasteiger partial charge in [-0.05, 0) is 24.6 Å². The quantitative estimate of drug-likeness (QED) is 0.760. The summed E-state index contributed by atoms with van der Waals surface area (Å²) < 4.78 is 13.4. The summed E-state index contributed by atoms with van der Waals surface area (Å²) in [7, 11) is 0. The number of rotatable bonds is 6. The lowest BCUT2D eigenvalue weighted by atomic mass is 10.2. The van der Waals surface area contributed by atoms with Crippen molar-refractivity contribution < 1.29 is 9.47 Å². The van der Waals surface area contributed by atoms with Crippen LogP contribution in [0, 0.1) is 0 Å². The van der Waals surface area contributed by atoms with Crippen LogP contribution in [0.25, 0.3) is 4.96 Å². The summed E-state index contributed by atoms with van der Waals surface area (Å²) in [6.07, 6.45) is 3.96. The van der Waals surface area contributed by atoms with Crippen LogP contribution in [0.3, 0.4) is 0 Å². The molecule has 2 N–H and O–H groups in total. The van der Waals surface area contributed by atoms with Gasteiger partial charge in [0.2, 0.25) is 0 Å². The molecule has 2 aromatic heterocycles. The standard InChI is InChI=1S/C15H17N3O2S/c1-2-19-14-7-11(8-16)3-4-13(14)20-10-12-9-18-5-6-21-15(18)17-12/h3-7,9H,2,8,10,16H2,1H3. The number of hydrogen-bond donors (Lipinski definition) is 1. The number of nitrogens with zero attached hydrogens (tertiary/aromatic N) is 2. The van der Waals surface area contributed by atoms with Crippen LogP contribution in [-0.2, 0) is 13.2 Å². The molecule has 0 saturated heterocycles. The summed E-state index contributed by atoms with van der Waals surface area (Å²) in [4.78, 5) is 5.46. The van der Waals surface area contributed by atoms with Gasteiger partial charge in [-0.3, -0.25) is 4.40 Å². The minimum Gasteiger partial charge on any atom is -0.490 e. The summed E-state index contributed by atoms with van der Waals surface area (Å²) >= 11 is 1.60. The molecule has 3 rings (SSSR count). The van der Waals surface area contributed by atoms with Gasteiger partial charge >= 0.3 is 0 Å². The number of hydrogen-bond acceptors (Lipinski definition) is 5. The number of thiazole rings is 1. The lowest BCUT2D eigenvalue weighted by Crippen LogP contribution is -2.02. The topological polar surface area (TPSA) is 61.8 Å². The summed E-state index contributed by atoms with van der Waals surface area (Å²) in [5.41, 5.74) is 7.57. The van der Waals surface area contributed by atoms with Gasteiger partial charge in [-0.15, -0.1) is 11.3 Å².